The van der Waals surface area contributed by atoms with Crippen LogP contribution in [0.1, 0.15) is 36.0 Å². The molecule has 35 heavy (non-hydrogen) atoms. The van der Waals surface area contributed by atoms with E-state index in [0.29, 0.717) is 22.9 Å². The highest BCUT2D eigenvalue weighted by Crippen LogP contribution is 2.34. The van der Waals surface area contributed by atoms with E-state index in [1.54, 1.807) is 44.7 Å². The number of amides is 1. The molecule has 4 rings (SSSR count). The monoisotopic (exact) mass is 480 g/mol. The summed E-state index contributed by atoms with van der Waals surface area (Å²) in [4.78, 5) is 20.8. The van der Waals surface area contributed by atoms with E-state index in [0.717, 1.165) is 37.3 Å². The molecule has 2 heterocycles. The lowest BCUT2D eigenvalue weighted by Gasteiger charge is -2.30. The summed E-state index contributed by atoms with van der Waals surface area (Å²) in [5.41, 5.74) is 13.6. The van der Waals surface area contributed by atoms with Crippen LogP contribution >= 0.6 is 0 Å². The van der Waals surface area contributed by atoms with Gasteiger partial charge in [0, 0.05) is 35.6 Å². The van der Waals surface area contributed by atoms with Gasteiger partial charge in [0.2, 0.25) is 0 Å². The fourth-order valence-electron chi connectivity index (χ4n) is 4.19. The Hall–Kier alpha value is -3.92. The van der Waals surface area contributed by atoms with E-state index in [1.807, 2.05) is 6.07 Å². The van der Waals surface area contributed by atoms with E-state index in [2.05, 4.69) is 20.6 Å². The molecule has 2 atom stereocenters. The van der Waals surface area contributed by atoms with Crippen LogP contribution < -0.4 is 31.6 Å². The summed E-state index contributed by atoms with van der Waals surface area (Å²) in [6, 6.07) is 9.77. The van der Waals surface area contributed by atoms with Crippen LogP contribution in [0.2, 0.25) is 0 Å². The number of nitrogens with zero attached hydrogens (tertiary/aromatic N) is 2. The largest absolute Gasteiger partial charge is 0.497 e. The van der Waals surface area contributed by atoms with Crippen LogP contribution in [0.4, 0.5) is 21.7 Å². The Morgan fingerprint density at radius 3 is 2.60 bits per heavy atom. The molecular formula is C25H29FN6O3. The second-order valence-electron chi connectivity index (χ2n) is 8.40. The normalized spacial score (nSPS) is 17.5. The van der Waals surface area contributed by atoms with Crippen molar-refractivity contribution >= 4 is 23.2 Å². The molecule has 0 aliphatic heterocycles. The molecule has 0 spiro atoms. The lowest BCUT2D eigenvalue weighted by molar-refractivity contribution is 0.100. The molecule has 1 aromatic carbocycles. The Morgan fingerprint density at radius 1 is 1.09 bits per heavy atom. The van der Waals surface area contributed by atoms with Gasteiger partial charge in [-0.25, -0.2) is 9.37 Å². The minimum atomic E-state index is -0.800. The molecular weight excluding hydrogens is 451 g/mol. The average Bonchev–Trinajstić information content (AvgIpc) is 2.86. The van der Waals surface area contributed by atoms with Gasteiger partial charge in [-0.15, -0.1) is 0 Å². The van der Waals surface area contributed by atoms with E-state index >= 15 is 0 Å². The van der Waals surface area contributed by atoms with E-state index in [4.69, 9.17) is 20.9 Å². The number of ether oxygens (including phenoxy) is 2. The Labute approximate surface area is 203 Å². The highest BCUT2D eigenvalue weighted by atomic mass is 19.1. The van der Waals surface area contributed by atoms with Gasteiger partial charge in [0.05, 0.1) is 25.5 Å². The van der Waals surface area contributed by atoms with Gasteiger partial charge in [-0.05, 0) is 43.2 Å². The van der Waals surface area contributed by atoms with E-state index < -0.39 is 11.7 Å². The number of hydrogen-bond acceptors (Lipinski definition) is 8. The molecule has 0 radical (unpaired) electrons. The van der Waals surface area contributed by atoms with Crippen molar-refractivity contribution in [2.24, 2.45) is 11.5 Å². The summed E-state index contributed by atoms with van der Waals surface area (Å²) in [5, 5.41) is 6.20. The van der Waals surface area contributed by atoms with Crippen LogP contribution in [0.15, 0.2) is 42.6 Å². The summed E-state index contributed by atoms with van der Waals surface area (Å²) in [6.07, 6.45) is 5.34. The molecule has 6 N–H and O–H groups in total. The van der Waals surface area contributed by atoms with Crippen molar-refractivity contribution in [1.29, 1.82) is 0 Å². The molecule has 1 aliphatic carbocycles. The molecule has 1 unspecified atom stereocenters. The van der Waals surface area contributed by atoms with E-state index in [-0.39, 0.29) is 29.3 Å². The number of nitrogens with two attached hydrogens (primary N) is 2. The predicted molar refractivity (Wildman–Crippen MR) is 133 cm³/mol. The number of primary amides is 1. The van der Waals surface area contributed by atoms with Crippen molar-refractivity contribution in [3.8, 4) is 22.8 Å². The number of nitrogens with one attached hydrogen (secondary N) is 2. The molecule has 2 aromatic heterocycles. The highest BCUT2D eigenvalue weighted by molar-refractivity contribution is 5.98. The maximum Gasteiger partial charge on any atom is 0.252 e. The van der Waals surface area contributed by atoms with E-state index in [9.17, 15) is 9.18 Å². The van der Waals surface area contributed by atoms with Gasteiger partial charge in [-0.3, -0.25) is 9.78 Å². The maximum atomic E-state index is 14.8. The van der Waals surface area contributed by atoms with Crippen molar-refractivity contribution in [2.75, 3.05) is 24.9 Å². The number of hydrogen-bond donors (Lipinski definition) is 4. The quantitative estimate of drug-likeness (QED) is 0.382. The molecule has 9 nitrogen and oxygen atoms in total. The van der Waals surface area contributed by atoms with Crippen LogP contribution in [0.5, 0.6) is 11.5 Å². The first-order chi connectivity index (χ1) is 16.9. The summed E-state index contributed by atoms with van der Waals surface area (Å²) < 4.78 is 25.6. The van der Waals surface area contributed by atoms with Crippen molar-refractivity contribution < 1.29 is 18.7 Å². The number of pyridine rings is 2. The second-order valence-corrected chi connectivity index (χ2v) is 8.40. The van der Waals surface area contributed by atoms with Crippen LogP contribution in [-0.4, -0.2) is 42.2 Å². The van der Waals surface area contributed by atoms with Crippen LogP contribution in [0.3, 0.4) is 0 Å². The van der Waals surface area contributed by atoms with Crippen LogP contribution in [-0.2, 0) is 0 Å². The Bertz CT molecular complexity index is 1220. The number of methoxy groups -OCH3 is 2. The maximum absolute atomic E-state index is 14.8. The van der Waals surface area contributed by atoms with Crippen molar-refractivity contribution in [2.45, 2.75) is 37.8 Å². The predicted octanol–water partition coefficient (Wildman–Crippen LogP) is 3.82. The van der Waals surface area contributed by atoms with E-state index in [1.165, 1.54) is 0 Å². The van der Waals surface area contributed by atoms with Crippen LogP contribution in [0.25, 0.3) is 11.3 Å². The topological polar surface area (TPSA) is 137 Å². The Balaban J connectivity index is 1.66. The van der Waals surface area contributed by atoms with Gasteiger partial charge in [0.15, 0.2) is 11.6 Å². The van der Waals surface area contributed by atoms with Crippen molar-refractivity contribution in [3.05, 3.63) is 54.0 Å². The summed E-state index contributed by atoms with van der Waals surface area (Å²) in [5.74, 6) is -0.0803. The fourth-order valence-corrected chi connectivity index (χ4v) is 4.19. The highest BCUT2D eigenvalue weighted by Gasteiger charge is 2.24. The molecule has 184 valence electrons. The Morgan fingerprint density at radius 2 is 1.89 bits per heavy atom. The smallest absolute Gasteiger partial charge is 0.252 e. The first kappa shape index (κ1) is 24.2. The number of anilines is 3. The van der Waals surface area contributed by atoms with Gasteiger partial charge in [-0.1, -0.05) is 12.8 Å². The Kier molecular flexibility index (Phi) is 7.31. The summed E-state index contributed by atoms with van der Waals surface area (Å²) in [7, 11) is 3.14. The van der Waals surface area contributed by atoms with Crippen molar-refractivity contribution in [3.63, 3.8) is 0 Å². The third-order valence-corrected chi connectivity index (χ3v) is 6.09. The zero-order chi connectivity index (χ0) is 24.9. The minimum absolute atomic E-state index is 0.0194. The van der Waals surface area contributed by atoms with Gasteiger partial charge >= 0.3 is 0 Å². The third kappa shape index (κ3) is 5.43. The average molecular weight is 481 g/mol. The molecule has 1 saturated carbocycles. The lowest BCUT2D eigenvalue weighted by Crippen LogP contribution is -2.43. The second kappa shape index (κ2) is 10.6. The molecule has 0 saturated heterocycles. The van der Waals surface area contributed by atoms with Gasteiger partial charge < -0.3 is 31.6 Å². The van der Waals surface area contributed by atoms with Gasteiger partial charge in [0.1, 0.15) is 17.3 Å². The van der Waals surface area contributed by atoms with Crippen LogP contribution in [0, 0.1) is 5.82 Å². The third-order valence-electron chi connectivity index (χ3n) is 6.09. The molecule has 3 aromatic rings. The SMILES string of the molecule is COc1ccc(-c2cc(Nc3nc(NC4CCCC[C@@H]4N)c(F)cc3C(N)=O)ccn2)c(OC)c1. The first-order valence-corrected chi connectivity index (χ1v) is 11.4. The lowest BCUT2D eigenvalue weighted by atomic mass is 9.91. The molecule has 0 bridgehead atoms. The minimum Gasteiger partial charge on any atom is -0.497 e. The summed E-state index contributed by atoms with van der Waals surface area (Å²) >= 11 is 0. The number of aromatic nitrogens is 2. The number of halogens is 1. The number of carbonyl (C=O) groups is 1. The molecule has 1 fully saturated rings. The molecule has 10 heteroatoms. The molecule has 1 amide bonds. The number of rotatable bonds is 8. The standard InChI is InChI=1S/C25H29FN6O3/c1-34-15-7-8-16(22(12-15)35-2)21-11-14(9-10-29-21)30-24-17(23(28)33)13-18(26)25(32-24)31-20-6-4-3-5-19(20)27/h7-13,19-20H,3-6,27H2,1-2H3,(H2,28,33)(H2,29,30,31,32)/t19-,20?/m0/s1. The zero-order valence-electron chi connectivity index (χ0n) is 19.7. The summed E-state index contributed by atoms with van der Waals surface area (Å²) in [6.45, 7) is 0. The van der Waals surface area contributed by atoms with Crippen molar-refractivity contribution in [1.82, 2.24) is 9.97 Å². The zero-order valence-corrected chi connectivity index (χ0v) is 19.7. The first-order valence-electron chi connectivity index (χ1n) is 11.4. The fraction of sp³-hybridized carbons (Fsp3) is 0.320. The number of carbonyl (C=O) groups excluding carboxylic acids is 1. The van der Waals surface area contributed by atoms with Gasteiger partial charge in [0.25, 0.3) is 5.91 Å². The molecule has 1 aliphatic rings. The van der Waals surface area contributed by atoms with Gasteiger partial charge in [-0.2, -0.15) is 0 Å². The number of benzene rings is 1.